The summed E-state index contributed by atoms with van der Waals surface area (Å²) in [5, 5.41) is 9.34. The van der Waals surface area contributed by atoms with Crippen molar-refractivity contribution in [1.29, 1.82) is 0 Å². The quantitative estimate of drug-likeness (QED) is 0.845. The third kappa shape index (κ3) is 3.57. The molecule has 1 aliphatic rings. The number of aliphatic hydroxyl groups is 1. The molecule has 0 spiro atoms. The van der Waals surface area contributed by atoms with Gasteiger partial charge in [0.25, 0.3) is 0 Å². The van der Waals surface area contributed by atoms with Crippen LogP contribution in [0.5, 0.6) is 0 Å². The molecule has 0 aliphatic heterocycles. The maximum atomic E-state index is 9.34. The van der Waals surface area contributed by atoms with Gasteiger partial charge >= 0.3 is 0 Å². The second-order valence-electron chi connectivity index (χ2n) is 5.40. The summed E-state index contributed by atoms with van der Waals surface area (Å²) < 4.78 is 1.08. The summed E-state index contributed by atoms with van der Waals surface area (Å²) in [7, 11) is 0. The molecule has 3 nitrogen and oxygen atoms in total. The lowest BCUT2D eigenvalue weighted by Gasteiger charge is -2.44. The van der Waals surface area contributed by atoms with Crippen LogP contribution < -0.4 is 5.73 Å². The predicted molar refractivity (Wildman–Crippen MR) is 82.0 cm³/mol. The van der Waals surface area contributed by atoms with E-state index in [4.69, 9.17) is 5.73 Å². The molecule has 0 aromatic heterocycles. The Morgan fingerprint density at radius 1 is 1.37 bits per heavy atom. The maximum Gasteiger partial charge on any atom is 0.0558 e. The normalized spacial score (nSPS) is 19.2. The minimum atomic E-state index is 0.0494. The monoisotopic (exact) mass is 326 g/mol. The number of nitrogens with two attached hydrogens (primary N) is 1. The molecule has 2 atom stereocenters. The van der Waals surface area contributed by atoms with Crippen LogP contribution in [0.1, 0.15) is 37.8 Å². The predicted octanol–water partition coefficient (Wildman–Crippen LogP) is 2.68. The summed E-state index contributed by atoms with van der Waals surface area (Å²) in [5.41, 5.74) is 7.45. The summed E-state index contributed by atoms with van der Waals surface area (Å²) in [6.45, 7) is 2.94. The zero-order valence-electron chi connectivity index (χ0n) is 11.4. The van der Waals surface area contributed by atoms with E-state index in [-0.39, 0.29) is 18.7 Å². The third-order valence-electron chi connectivity index (χ3n) is 3.97. The molecule has 19 heavy (non-hydrogen) atoms. The largest absolute Gasteiger partial charge is 0.395 e. The molecule has 1 fully saturated rings. The average Bonchev–Trinajstić information content (AvgIpc) is 2.29. The Morgan fingerprint density at radius 2 is 2.00 bits per heavy atom. The number of hydrogen-bond acceptors (Lipinski definition) is 3. The van der Waals surface area contributed by atoms with E-state index in [1.807, 2.05) is 0 Å². The van der Waals surface area contributed by atoms with E-state index in [9.17, 15) is 5.11 Å². The summed E-state index contributed by atoms with van der Waals surface area (Å²) >= 11 is 3.47. The van der Waals surface area contributed by atoms with Crippen molar-refractivity contribution in [2.75, 3.05) is 13.2 Å². The third-order valence-corrected chi connectivity index (χ3v) is 4.50. The van der Waals surface area contributed by atoms with E-state index < -0.39 is 0 Å². The summed E-state index contributed by atoms with van der Waals surface area (Å²) in [4.78, 5) is 2.39. The smallest absolute Gasteiger partial charge is 0.0558 e. The van der Waals surface area contributed by atoms with Crippen molar-refractivity contribution in [3.8, 4) is 0 Å². The molecule has 1 aromatic carbocycles. The zero-order valence-corrected chi connectivity index (χ0v) is 13.0. The second-order valence-corrected chi connectivity index (χ2v) is 6.32. The molecule has 1 saturated carbocycles. The van der Waals surface area contributed by atoms with Gasteiger partial charge in [0.05, 0.1) is 6.61 Å². The topological polar surface area (TPSA) is 49.5 Å². The van der Waals surface area contributed by atoms with Gasteiger partial charge in [-0.2, -0.15) is 0 Å². The minimum absolute atomic E-state index is 0.0494. The molecule has 0 bridgehead atoms. The van der Waals surface area contributed by atoms with Crippen LogP contribution in [0, 0.1) is 0 Å². The molecule has 0 amide bonds. The Morgan fingerprint density at radius 3 is 2.42 bits per heavy atom. The lowest BCUT2D eigenvalue weighted by molar-refractivity contribution is 0.0503. The van der Waals surface area contributed by atoms with Gasteiger partial charge in [0.2, 0.25) is 0 Å². The van der Waals surface area contributed by atoms with Gasteiger partial charge in [0, 0.05) is 29.1 Å². The second kappa shape index (κ2) is 6.84. The van der Waals surface area contributed by atoms with Crippen molar-refractivity contribution < 1.29 is 5.11 Å². The first kappa shape index (κ1) is 15.0. The molecule has 1 aromatic rings. The zero-order chi connectivity index (χ0) is 13.8. The SMILES string of the molecule is CC(N)C(c1ccc(Br)cc1)N(CCO)C1CCC1. The van der Waals surface area contributed by atoms with E-state index in [1.54, 1.807) is 0 Å². The van der Waals surface area contributed by atoms with E-state index >= 15 is 0 Å². The standard InChI is InChI=1S/C15H23BrN2O/c1-11(17)15(12-5-7-13(16)8-6-12)18(9-10-19)14-3-2-4-14/h5-8,11,14-15,19H,2-4,9-10,17H2,1H3. The van der Waals surface area contributed by atoms with Gasteiger partial charge in [0.1, 0.15) is 0 Å². The number of halogens is 1. The molecular weight excluding hydrogens is 304 g/mol. The Hall–Kier alpha value is -0.420. The van der Waals surface area contributed by atoms with Crippen molar-refractivity contribution >= 4 is 15.9 Å². The Balaban J connectivity index is 2.23. The molecule has 0 saturated heterocycles. The highest BCUT2D eigenvalue weighted by atomic mass is 79.9. The first-order valence-electron chi connectivity index (χ1n) is 7.01. The van der Waals surface area contributed by atoms with Gasteiger partial charge in [0.15, 0.2) is 0 Å². The van der Waals surface area contributed by atoms with E-state index in [0.29, 0.717) is 12.6 Å². The first-order chi connectivity index (χ1) is 9.13. The van der Waals surface area contributed by atoms with Crippen LogP contribution in [0.3, 0.4) is 0 Å². The summed E-state index contributed by atoms with van der Waals surface area (Å²) in [6, 6.07) is 9.18. The highest BCUT2D eigenvalue weighted by Crippen LogP contribution is 2.33. The Labute approximate surface area is 123 Å². The lowest BCUT2D eigenvalue weighted by Crippen LogP contribution is -2.49. The minimum Gasteiger partial charge on any atom is -0.395 e. The van der Waals surface area contributed by atoms with Crippen LogP contribution in [0.2, 0.25) is 0 Å². The van der Waals surface area contributed by atoms with Crippen LogP contribution in [0.15, 0.2) is 28.7 Å². The summed E-state index contributed by atoms with van der Waals surface area (Å²) in [5.74, 6) is 0. The van der Waals surface area contributed by atoms with Crippen molar-refractivity contribution in [1.82, 2.24) is 4.90 Å². The van der Waals surface area contributed by atoms with E-state index in [1.165, 1.54) is 24.8 Å². The average molecular weight is 327 g/mol. The van der Waals surface area contributed by atoms with Crippen LogP contribution in [0.4, 0.5) is 0 Å². The molecule has 4 heteroatoms. The molecule has 1 aliphatic carbocycles. The number of hydrogen-bond donors (Lipinski definition) is 2. The molecule has 2 unspecified atom stereocenters. The van der Waals surface area contributed by atoms with Crippen molar-refractivity contribution in [3.63, 3.8) is 0 Å². The molecule has 0 radical (unpaired) electrons. The molecule has 2 rings (SSSR count). The van der Waals surface area contributed by atoms with E-state index in [0.717, 1.165) is 4.47 Å². The first-order valence-corrected chi connectivity index (χ1v) is 7.80. The fourth-order valence-corrected chi connectivity index (χ4v) is 3.10. The number of benzene rings is 1. The molecule has 3 N–H and O–H groups in total. The van der Waals surface area contributed by atoms with Gasteiger partial charge in [-0.1, -0.05) is 34.5 Å². The van der Waals surface area contributed by atoms with Crippen LogP contribution in [-0.2, 0) is 0 Å². The molecule has 106 valence electrons. The maximum absolute atomic E-state index is 9.34. The van der Waals surface area contributed by atoms with Crippen LogP contribution >= 0.6 is 15.9 Å². The fourth-order valence-electron chi connectivity index (χ4n) is 2.84. The highest BCUT2D eigenvalue weighted by molar-refractivity contribution is 9.10. The van der Waals surface area contributed by atoms with Crippen LogP contribution in [-0.4, -0.2) is 35.2 Å². The van der Waals surface area contributed by atoms with Crippen molar-refractivity contribution in [3.05, 3.63) is 34.3 Å². The number of rotatable bonds is 6. The number of nitrogens with zero attached hydrogens (tertiary/aromatic N) is 1. The Bertz CT molecular complexity index is 390. The molecule has 0 heterocycles. The van der Waals surface area contributed by atoms with E-state index in [2.05, 4.69) is 52.0 Å². The van der Waals surface area contributed by atoms with Crippen LogP contribution in [0.25, 0.3) is 0 Å². The van der Waals surface area contributed by atoms with Crippen molar-refractivity contribution in [2.24, 2.45) is 5.73 Å². The highest BCUT2D eigenvalue weighted by Gasteiger charge is 2.32. The van der Waals surface area contributed by atoms with Gasteiger partial charge in [-0.3, -0.25) is 4.90 Å². The van der Waals surface area contributed by atoms with Gasteiger partial charge in [-0.05, 0) is 37.5 Å². The molecular formula is C15H23BrN2O. The lowest BCUT2D eigenvalue weighted by atomic mass is 9.87. The van der Waals surface area contributed by atoms with Gasteiger partial charge in [-0.15, -0.1) is 0 Å². The summed E-state index contributed by atoms with van der Waals surface area (Å²) in [6.07, 6.45) is 3.73. The van der Waals surface area contributed by atoms with Crippen molar-refractivity contribution in [2.45, 2.75) is 44.3 Å². The van der Waals surface area contributed by atoms with Gasteiger partial charge in [-0.25, -0.2) is 0 Å². The van der Waals surface area contributed by atoms with Gasteiger partial charge < -0.3 is 10.8 Å². The number of aliphatic hydroxyl groups excluding tert-OH is 1. The Kier molecular flexibility index (Phi) is 5.39. The fraction of sp³-hybridized carbons (Fsp3) is 0.600.